The summed E-state index contributed by atoms with van der Waals surface area (Å²) in [4.78, 5) is 74.8. The van der Waals surface area contributed by atoms with Crippen LogP contribution in [0.2, 0.25) is 0 Å². The van der Waals surface area contributed by atoms with E-state index in [2.05, 4.69) is 46.7 Å². The first-order valence-electron chi connectivity index (χ1n) is 17.3. The van der Waals surface area contributed by atoms with Crippen LogP contribution in [0.1, 0.15) is 103 Å². The molecule has 12 nitrogen and oxygen atoms in total. The molecule has 0 bridgehead atoms. The number of phenols is 1. The van der Waals surface area contributed by atoms with E-state index in [1.54, 1.807) is 42.9 Å². The summed E-state index contributed by atoms with van der Waals surface area (Å²) < 4.78 is 0. The number of aromatic hydroxyl groups is 1. The number of imide groups is 2. The molecule has 1 saturated carbocycles. The number of nitrogens with zero attached hydrogens (tertiary/aromatic N) is 3. The van der Waals surface area contributed by atoms with Crippen molar-refractivity contribution in [2.75, 3.05) is 5.32 Å². The molecule has 4 aromatic rings. The lowest BCUT2D eigenvalue weighted by Gasteiger charge is -2.31. The van der Waals surface area contributed by atoms with E-state index in [1.807, 2.05) is 24.3 Å². The quantitative estimate of drug-likeness (QED) is 0.197. The van der Waals surface area contributed by atoms with Crippen LogP contribution < -0.4 is 16.0 Å². The van der Waals surface area contributed by atoms with E-state index in [9.17, 15) is 29.1 Å². The van der Waals surface area contributed by atoms with Crippen LogP contribution >= 0.6 is 0 Å². The van der Waals surface area contributed by atoms with E-state index in [-0.39, 0.29) is 53.0 Å². The zero-order chi connectivity index (χ0) is 36.0. The van der Waals surface area contributed by atoms with Gasteiger partial charge >= 0.3 is 0 Å². The van der Waals surface area contributed by atoms with Gasteiger partial charge in [0.05, 0.1) is 17.2 Å². The van der Waals surface area contributed by atoms with Crippen LogP contribution in [0.4, 0.5) is 5.69 Å². The zero-order valence-electron chi connectivity index (χ0n) is 28.7. The van der Waals surface area contributed by atoms with Crippen molar-refractivity contribution in [1.82, 2.24) is 25.5 Å². The van der Waals surface area contributed by atoms with Crippen molar-refractivity contribution in [3.05, 3.63) is 94.9 Å². The summed E-state index contributed by atoms with van der Waals surface area (Å²) in [5.74, 6) is -2.62. The second-order valence-electron chi connectivity index (χ2n) is 14.6. The molecule has 1 aliphatic carbocycles. The first-order chi connectivity index (χ1) is 24.4. The van der Waals surface area contributed by atoms with Gasteiger partial charge in [-0.15, -0.1) is 0 Å². The van der Waals surface area contributed by atoms with Crippen molar-refractivity contribution in [1.29, 1.82) is 0 Å². The number of nitrogens with one attached hydrogen (secondary N) is 3. The number of amides is 5. The summed E-state index contributed by atoms with van der Waals surface area (Å²) in [6.07, 6.45) is 7.56. The summed E-state index contributed by atoms with van der Waals surface area (Å²) in [5.41, 5.74) is 3.42. The number of fused-ring (bicyclic) bond motifs is 2. The Kier molecular flexibility index (Phi) is 8.78. The molecular weight excluding hydrogens is 648 g/mol. The number of phenolic OH excluding ortho intramolecular Hbond substituents is 1. The van der Waals surface area contributed by atoms with Crippen LogP contribution in [0.3, 0.4) is 0 Å². The van der Waals surface area contributed by atoms with Crippen molar-refractivity contribution in [3.63, 3.8) is 0 Å². The summed E-state index contributed by atoms with van der Waals surface area (Å²) in [7, 11) is 0. The van der Waals surface area contributed by atoms with Crippen molar-refractivity contribution < 1.29 is 29.1 Å². The molecule has 262 valence electrons. The number of carbonyl (C=O) groups excluding carboxylic acids is 5. The van der Waals surface area contributed by atoms with Crippen LogP contribution in [-0.2, 0) is 19.8 Å². The number of benzene rings is 2. The van der Waals surface area contributed by atoms with Crippen molar-refractivity contribution >= 4 is 46.1 Å². The van der Waals surface area contributed by atoms with Gasteiger partial charge in [-0.1, -0.05) is 39.0 Å². The summed E-state index contributed by atoms with van der Waals surface area (Å²) in [6.45, 7) is 6.31. The van der Waals surface area contributed by atoms with Crippen LogP contribution in [0, 0.1) is 5.92 Å². The number of hydrogen-bond acceptors (Lipinski definition) is 9. The maximum absolute atomic E-state index is 14.0. The van der Waals surface area contributed by atoms with Gasteiger partial charge in [-0.25, -0.2) is 0 Å². The number of anilines is 1. The zero-order valence-corrected chi connectivity index (χ0v) is 28.7. The molecule has 7 rings (SSSR count). The minimum Gasteiger partial charge on any atom is -0.505 e. The van der Waals surface area contributed by atoms with Gasteiger partial charge in [0.2, 0.25) is 17.7 Å². The second-order valence-corrected chi connectivity index (χ2v) is 14.6. The Balaban J connectivity index is 1.08. The van der Waals surface area contributed by atoms with E-state index in [1.165, 1.54) is 0 Å². The third-order valence-corrected chi connectivity index (χ3v) is 10.2. The molecule has 3 aliphatic rings. The standard InChI is InChI=1S/C39H40N6O6/c1-39(2,3)27-19-26(34(47)33-24(27)9-6-18-41-33)32(22-7-5-17-40-20-22)44-35(48)21-11-13-23(14-12-21)42-28-10-4-8-25-31(28)38(51)45(37(25)50)29-15-16-30(46)43-36(29)49/h4-10,17-21,23,29,32,42,47H,11-16H2,1-3H3,(H,44,48)(H,43,46,49). The van der Waals surface area contributed by atoms with Gasteiger partial charge in [-0.05, 0) is 79.0 Å². The molecule has 0 radical (unpaired) electrons. The number of pyridine rings is 2. The third-order valence-electron chi connectivity index (χ3n) is 10.2. The highest BCUT2D eigenvalue weighted by Gasteiger charge is 2.46. The predicted octanol–water partition coefficient (Wildman–Crippen LogP) is 4.91. The fourth-order valence-corrected chi connectivity index (χ4v) is 7.59. The smallest absolute Gasteiger partial charge is 0.264 e. The summed E-state index contributed by atoms with van der Waals surface area (Å²) in [5, 5.41) is 21.3. The van der Waals surface area contributed by atoms with Crippen LogP contribution in [0.25, 0.3) is 10.9 Å². The molecule has 2 atom stereocenters. The Labute approximate surface area is 295 Å². The highest BCUT2D eigenvalue weighted by molar-refractivity contribution is 6.25. The maximum atomic E-state index is 14.0. The Bertz CT molecular complexity index is 2070. The van der Waals surface area contributed by atoms with Gasteiger partial charge in [0.15, 0.2) is 0 Å². The number of hydrogen-bond donors (Lipinski definition) is 4. The number of rotatable bonds is 7. The SMILES string of the molecule is CC(C)(C)c1cc(C(NC(=O)C2CCC(Nc3cccc4c3C(=O)N(C3CCC(=O)NC3=O)C4=O)CC2)c2cccnc2)c(O)c2ncccc12. The third kappa shape index (κ3) is 6.30. The predicted molar refractivity (Wildman–Crippen MR) is 189 cm³/mol. The monoisotopic (exact) mass is 688 g/mol. The Hall–Kier alpha value is -5.65. The highest BCUT2D eigenvalue weighted by Crippen LogP contribution is 2.41. The average Bonchev–Trinajstić information content (AvgIpc) is 3.37. The maximum Gasteiger partial charge on any atom is 0.264 e. The van der Waals surface area contributed by atoms with Gasteiger partial charge in [0.25, 0.3) is 11.8 Å². The fraction of sp³-hybridized carbons (Fsp3) is 0.359. The molecule has 4 heterocycles. The molecule has 1 saturated heterocycles. The lowest BCUT2D eigenvalue weighted by molar-refractivity contribution is -0.136. The van der Waals surface area contributed by atoms with Crippen molar-refractivity contribution in [3.8, 4) is 5.75 Å². The molecule has 51 heavy (non-hydrogen) atoms. The topological polar surface area (TPSA) is 171 Å². The molecule has 2 aliphatic heterocycles. The van der Waals surface area contributed by atoms with Gasteiger partial charge in [-0.2, -0.15) is 0 Å². The average molecular weight is 689 g/mol. The minimum absolute atomic E-state index is 0.0141. The first-order valence-corrected chi connectivity index (χ1v) is 17.3. The molecular formula is C39H40N6O6. The lowest BCUT2D eigenvalue weighted by Crippen LogP contribution is -2.54. The molecule has 2 unspecified atom stereocenters. The van der Waals surface area contributed by atoms with Gasteiger partial charge in [-0.3, -0.25) is 44.2 Å². The molecule has 0 spiro atoms. The van der Waals surface area contributed by atoms with E-state index in [4.69, 9.17) is 0 Å². The van der Waals surface area contributed by atoms with Crippen molar-refractivity contribution in [2.45, 2.75) is 82.8 Å². The van der Waals surface area contributed by atoms with Crippen LogP contribution in [0.15, 0.2) is 67.1 Å². The van der Waals surface area contributed by atoms with E-state index >= 15 is 0 Å². The van der Waals surface area contributed by atoms with Gasteiger partial charge in [0.1, 0.15) is 17.3 Å². The summed E-state index contributed by atoms with van der Waals surface area (Å²) in [6, 6.07) is 12.7. The molecule has 2 aromatic carbocycles. The number of carbonyl (C=O) groups is 5. The van der Waals surface area contributed by atoms with E-state index < -0.39 is 35.7 Å². The van der Waals surface area contributed by atoms with E-state index in [0.29, 0.717) is 42.5 Å². The molecule has 2 fully saturated rings. The Morgan fingerprint density at radius 2 is 1.73 bits per heavy atom. The number of piperidine rings is 1. The first kappa shape index (κ1) is 33.8. The Morgan fingerprint density at radius 1 is 0.961 bits per heavy atom. The lowest BCUT2D eigenvalue weighted by atomic mass is 9.81. The van der Waals surface area contributed by atoms with Gasteiger partial charge in [0, 0.05) is 53.6 Å². The van der Waals surface area contributed by atoms with E-state index in [0.717, 1.165) is 21.4 Å². The minimum atomic E-state index is -1.04. The summed E-state index contributed by atoms with van der Waals surface area (Å²) >= 11 is 0. The molecule has 2 aromatic heterocycles. The van der Waals surface area contributed by atoms with Crippen LogP contribution in [0.5, 0.6) is 5.75 Å². The number of aromatic nitrogens is 2. The van der Waals surface area contributed by atoms with Gasteiger partial charge < -0.3 is 15.7 Å². The second kappa shape index (κ2) is 13.2. The highest BCUT2D eigenvalue weighted by atomic mass is 16.3. The molecule has 5 amide bonds. The fourth-order valence-electron chi connectivity index (χ4n) is 7.59. The van der Waals surface area contributed by atoms with Crippen molar-refractivity contribution in [2.24, 2.45) is 5.92 Å². The largest absolute Gasteiger partial charge is 0.505 e. The molecule has 4 N–H and O–H groups in total. The normalized spacial score (nSPS) is 21.3. The Morgan fingerprint density at radius 3 is 2.43 bits per heavy atom. The van der Waals surface area contributed by atoms with Crippen LogP contribution in [-0.4, -0.2) is 61.6 Å². The molecule has 12 heteroatoms.